The quantitative estimate of drug-likeness (QED) is 0.771. The maximum atomic E-state index is 12.0. The van der Waals surface area contributed by atoms with Gasteiger partial charge in [0.2, 0.25) is 0 Å². The maximum Gasteiger partial charge on any atom is 0.573 e. The number of hydrogen-bond acceptors (Lipinski definition) is 3. The van der Waals surface area contributed by atoms with Gasteiger partial charge < -0.3 is 9.47 Å². The van der Waals surface area contributed by atoms with Gasteiger partial charge in [-0.05, 0) is 37.6 Å². The Morgan fingerprint density at radius 2 is 1.94 bits per heavy atom. The highest BCUT2D eigenvalue weighted by Gasteiger charge is 2.31. The normalized spacial score (nSPS) is 11.1. The van der Waals surface area contributed by atoms with Crippen LogP contribution in [0.25, 0.3) is 0 Å². The average Bonchev–Trinajstić information content (AvgIpc) is 2.14. The Labute approximate surface area is 96.1 Å². The Balaban J connectivity index is 2.98. The molecular weight excluding hydrogens is 237 g/mol. The number of aryl methyl sites for hydroxylation is 1. The van der Waals surface area contributed by atoms with E-state index in [1.807, 2.05) is 0 Å². The number of hydrogen-bond donors (Lipinski definition) is 0. The Kier molecular flexibility index (Phi) is 3.98. The van der Waals surface area contributed by atoms with Crippen LogP contribution < -0.4 is 4.74 Å². The number of ether oxygens (including phenoxy) is 2. The first kappa shape index (κ1) is 13.3. The topological polar surface area (TPSA) is 35.5 Å². The van der Waals surface area contributed by atoms with Crippen LogP contribution in [0.2, 0.25) is 0 Å². The van der Waals surface area contributed by atoms with Crippen LogP contribution in [0.5, 0.6) is 5.75 Å². The number of halogens is 3. The first-order chi connectivity index (χ1) is 7.81. The van der Waals surface area contributed by atoms with Crippen LogP contribution in [-0.2, 0) is 4.74 Å². The molecule has 0 aliphatic heterocycles. The van der Waals surface area contributed by atoms with Crippen LogP contribution >= 0.6 is 0 Å². The Morgan fingerprint density at radius 1 is 1.29 bits per heavy atom. The van der Waals surface area contributed by atoms with Crippen LogP contribution in [0.3, 0.4) is 0 Å². The molecule has 0 aliphatic rings. The Morgan fingerprint density at radius 3 is 2.47 bits per heavy atom. The second-order valence-electron chi connectivity index (χ2n) is 3.30. The summed E-state index contributed by atoms with van der Waals surface area (Å²) in [5, 5.41) is 0. The van der Waals surface area contributed by atoms with Crippen molar-refractivity contribution in [2.75, 3.05) is 6.61 Å². The molecule has 0 radical (unpaired) electrons. The zero-order valence-electron chi connectivity index (χ0n) is 9.30. The highest BCUT2D eigenvalue weighted by atomic mass is 19.4. The van der Waals surface area contributed by atoms with Gasteiger partial charge in [0.1, 0.15) is 5.75 Å². The van der Waals surface area contributed by atoms with Crippen molar-refractivity contribution in [2.45, 2.75) is 20.2 Å². The minimum absolute atomic E-state index is 0.0334. The zero-order chi connectivity index (χ0) is 13.1. The molecule has 0 atom stereocenters. The van der Waals surface area contributed by atoms with Gasteiger partial charge in [0, 0.05) is 0 Å². The summed E-state index contributed by atoms with van der Waals surface area (Å²) in [5.41, 5.74) is 0.515. The molecule has 17 heavy (non-hydrogen) atoms. The number of carbonyl (C=O) groups is 1. The lowest BCUT2D eigenvalue weighted by atomic mass is 10.1. The van der Waals surface area contributed by atoms with Gasteiger partial charge in [-0.15, -0.1) is 13.2 Å². The molecule has 0 saturated carbocycles. The van der Waals surface area contributed by atoms with E-state index >= 15 is 0 Å². The molecule has 1 rings (SSSR count). The van der Waals surface area contributed by atoms with E-state index in [-0.39, 0.29) is 12.2 Å². The lowest BCUT2D eigenvalue weighted by Crippen LogP contribution is -2.17. The number of carbonyl (C=O) groups excluding carboxylic acids is 1. The molecule has 0 aliphatic carbocycles. The fourth-order valence-electron chi connectivity index (χ4n) is 1.27. The van der Waals surface area contributed by atoms with Crippen molar-refractivity contribution in [2.24, 2.45) is 0 Å². The van der Waals surface area contributed by atoms with Gasteiger partial charge in [0.15, 0.2) is 0 Å². The second-order valence-corrected chi connectivity index (χ2v) is 3.30. The summed E-state index contributed by atoms with van der Waals surface area (Å²) in [6.45, 7) is 3.33. The molecule has 3 nitrogen and oxygen atoms in total. The predicted octanol–water partition coefficient (Wildman–Crippen LogP) is 3.07. The third-order valence-corrected chi connectivity index (χ3v) is 1.80. The van der Waals surface area contributed by atoms with Gasteiger partial charge in [-0.25, -0.2) is 4.79 Å². The second kappa shape index (κ2) is 5.07. The summed E-state index contributed by atoms with van der Waals surface area (Å²) < 4.78 is 44.5. The van der Waals surface area contributed by atoms with Crippen LogP contribution in [0.15, 0.2) is 18.2 Å². The summed E-state index contributed by atoms with van der Waals surface area (Å²) in [4.78, 5) is 11.4. The standard InChI is InChI=1S/C11H11F3O3/c1-3-16-10(15)8-4-7(2)5-9(6-8)17-11(12,13)14/h4-6H,3H2,1-2H3. The number of benzene rings is 1. The van der Waals surface area contributed by atoms with E-state index in [9.17, 15) is 18.0 Å². The maximum absolute atomic E-state index is 12.0. The average molecular weight is 248 g/mol. The summed E-state index contributed by atoms with van der Waals surface area (Å²) in [7, 11) is 0. The molecule has 0 amide bonds. The summed E-state index contributed by atoms with van der Waals surface area (Å²) in [5.74, 6) is -1.11. The molecule has 1 aromatic rings. The third-order valence-electron chi connectivity index (χ3n) is 1.80. The fraction of sp³-hybridized carbons (Fsp3) is 0.364. The van der Waals surface area contributed by atoms with Crippen molar-refractivity contribution in [3.05, 3.63) is 29.3 Å². The molecule has 0 saturated heterocycles. The van der Waals surface area contributed by atoms with Gasteiger partial charge >= 0.3 is 12.3 Å². The number of esters is 1. The summed E-state index contributed by atoms with van der Waals surface area (Å²) >= 11 is 0. The molecule has 94 valence electrons. The smallest absolute Gasteiger partial charge is 0.462 e. The molecule has 0 unspecified atom stereocenters. The van der Waals surface area contributed by atoms with E-state index in [1.54, 1.807) is 13.8 Å². The minimum atomic E-state index is -4.78. The molecule has 6 heteroatoms. The largest absolute Gasteiger partial charge is 0.573 e. The van der Waals surface area contributed by atoms with E-state index < -0.39 is 18.1 Å². The van der Waals surface area contributed by atoms with E-state index in [2.05, 4.69) is 4.74 Å². The molecule has 0 bridgehead atoms. The van der Waals surface area contributed by atoms with E-state index in [1.165, 1.54) is 12.1 Å². The number of alkyl halides is 3. The minimum Gasteiger partial charge on any atom is -0.462 e. The Bertz CT molecular complexity index is 413. The SMILES string of the molecule is CCOC(=O)c1cc(C)cc(OC(F)(F)F)c1. The molecule has 1 aromatic carbocycles. The molecule has 0 fully saturated rings. The van der Waals surface area contributed by atoms with Crippen molar-refractivity contribution < 1.29 is 27.4 Å². The van der Waals surface area contributed by atoms with Crippen molar-refractivity contribution in [1.29, 1.82) is 0 Å². The van der Waals surface area contributed by atoms with Crippen LogP contribution in [0.4, 0.5) is 13.2 Å². The van der Waals surface area contributed by atoms with E-state index in [0.29, 0.717) is 5.56 Å². The first-order valence-electron chi connectivity index (χ1n) is 4.86. The van der Waals surface area contributed by atoms with Crippen LogP contribution in [0.1, 0.15) is 22.8 Å². The molecule has 0 heterocycles. The van der Waals surface area contributed by atoms with Crippen LogP contribution in [0, 0.1) is 6.92 Å². The van der Waals surface area contributed by atoms with Crippen molar-refractivity contribution in [1.82, 2.24) is 0 Å². The lowest BCUT2D eigenvalue weighted by Gasteiger charge is -2.11. The first-order valence-corrected chi connectivity index (χ1v) is 4.86. The summed E-state index contributed by atoms with van der Waals surface area (Å²) in [6, 6.07) is 3.62. The lowest BCUT2D eigenvalue weighted by molar-refractivity contribution is -0.274. The highest BCUT2D eigenvalue weighted by molar-refractivity contribution is 5.90. The van der Waals surface area contributed by atoms with Gasteiger partial charge in [-0.2, -0.15) is 0 Å². The predicted molar refractivity (Wildman–Crippen MR) is 53.8 cm³/mol. The molecule has 0 spiro atoms. The van der Waals surface area contributed by atoms with Crippen molar-refractivity contribution in [3.8, 4) is 5.75 Å². The van der Waals surface area contributed by atoms with Gasteiger partial charge in [-0.1, -0.05) is 0 Å². The zero-order valence-corrected chi connectivity index (χ0v) is 9.30. The van der Waals surface area contributed by atoms with Gasteiger partial charge in [0.05, 0.1) is 12.2 Å². The van der Waals surface area contributed by atoms with E-state index in [0.717, 1.165) is 6.07 Å². The molecular formula is C11H11F3O3. The highest BCUT2D eigenvalue weighted by Crippen LogP contribution is 2.25. The fourth-order valence-corrected chi connectivity index (χ4v) is 1.27. The molecule has 0 aromatic heterocycles. The van der Waals surface area contributed by atoms with Crippen LogP contribution in [-0.4, -0.2) is 18.9 Å². The van der Waals surface area contributed by atoms with Crippen molar-refractivity contribution in [3.63, 3.8) is 0 Å². The van der Waals surface area contributed by atoms with Crippen molar-refractivity contribution >= 4 is 5.97 Å². The third kappa shape index (κ3) is 4.34. The van der Waals surface area contributed by atoms with Gasteiger partial charge in [0.25, 0.3) is 0 Å². The Hall–Kier alpha value is -1.72. The summed E-state index contributed by atoms with van der Waals surface area (Å²) in [6.07, 6.45) is -4.78. The molecule has 0 N–H and O–H groups in total. The number of rotatable bonds is 3. The van der Waals surface area contributed by atoms with Gasteiger partial charge in [-0.3, -0.25) is 0 Å². The monoisotopic (exact) mass is 248 g/mol. The van der Waals surface area contributed by atoms with E-state index in [4.69, 9.17) is 4.74 Å².